The molecule has 1 aliphatic rings. The molecule has 1 atom stereocenters. The normalized spacial score (nSPS) is 18.1. The first-order valence-electron chi connectivity index (χ1n) is 7.71. The minimum Gasteiger partial charge on any atom is -0.456 e. The standard InChI is InChI=1S/C16H26O4/c1-2-3-12-18-15(17)10-6-4-5-8-13-19-16-11-7-9-14-20-16/h16H,2-5,7-9,11-14H2,1H3. The summed E-state index contributed by atoms with van der Waals surface area (Å²) in [6.07, 6.45) is 7.82. The average molecular weight is 282 g/mol. The first-order chi connectivity index (χ1) is 9.83. The Hall–Kier alpha value is -1.05. The number of ether oxygens (including phenoxy) is 3. The zero-order valence-corrected chi connectivity index (χ0v) is 12.5. The minimum absolute atomic E-state index is 0.0108. The summed E-state index contributed by atoms with van der Waals surface area (Å²) in [5.41, 5.74) is 0. The third-order valence-corrected chi connectivity index (χ3v) is 3.06. The molecule has 1 saturated heterocycles. The Kier molecular flexibility index (Phi) is 9.99. The molecular weight excluding hydrogens is 256 g/mol. The molecule has 4 heteroatoms. The first kappa shape index (κ1) is 17.0. The van der Waals surface area contributed by atoms with Crippen LogP contribution in [0.5, 0.6) is 0 Å². The molecule has 0 aromatic heterocycles. The Balaban J connectivity index is 1.92. The van der Waals surface area contributed by atoms with Gasteiger partial charge in [0.1, 0.15) is 0 Å². The molecular formula is C16H26O4. The van der Waals surface area contributed by atoms with E-state index in [1.165, 1.54) is 6.42 Å². The quantitative estimate of drug-likeness (QED) is 0.297. The summed E-state index contributed by atoms with van der Waals surface area (Å²) >= 11 is 0. The fraction of sp³-hybridized carbons (Fsp3) is 0.812. The van der Waals surface area contributed by atoms with E-state index >= 15 is 0 Å². The highest BCUT2D eigenvalue weighted by molar-refractivity contribution is 5.88. The number of unbranched alkanes of at least 4 members (excludes halogenated alkanes) is 3. The van der Waals surface area contributed by atoms with Crippen molar-refractivity contribution in [3.63, 3.8) is 0 Å². The molecule has 114 valence electrons. The minimum atomic E-state index is -0.412. The van der Waals surface area contributed by atoms with Crippen LogP contribution >= 0.6 is 0 Å². The number of carbonyl (C=O) groups excluding carboxylic acids is 1. The second-order valence-corrected chi connectivity index (χ2v) is 4.92. The van der Waals surface area contributed by atoms with Crippen molar-refractivity contribution >= 4 is 5.97 Å². The first-order valence-corrected chi connectivity index (χ1v) is 7.71. The highest BCUT2D eigenvalue weighted by Crippen LogP contribution is 2.14. The number of esters is 1. The zero-order chi connectivity index (χ0) is 14.5. The van der Waals surface area contributed by atoms with Crippen molar-refractivity contribution in [1.82, 2.24) is 0 Å². The van der Waals surface area contributed by atoms with E-state index in [0.717, 1.165) is 45.1 Å². The van der Waals surface area contributed by atoms with Crippen LogP contribution < -0.4 is 0 Å². The van der Waals surface area contributed by atoms with E-state index in [1.54, 1.807) is 0 Å². The van der Waals surface area contributed by atoms with Gasteiger partial charge in [-0.05, 0) is 38.5 Å². The van der Waals surface area contributed by atoms with Crippen molar-refractivity contribution in [2.24, 2.45) is 0 Å². The van der Waals surface area contributed by atoms with Crippen LogP contribution in [-0.2, 0) is 19.0 Å². The summed E-state index contributed by atoms with van der Waals surface area (Å²) in [6.45, 7) is 4.04. The molecule has 0 aromatic rings. The summed E-state index contributed by atoms with van der Waals surface area (Å²) in [4.78, 5) is 11.2. The maximum atomic E-state index is 11.2. The summed E-state index contributed by atoms with van der Waals surface area (Å²) < 4.78 is 16.0. The van der Waals surface area contributed by atoms with Gasteiger partial charge in [-0.15, -0.1) is 0 Å². The lowest BCUT2D eigenvalue weighted by atomic mass is 10.2. The molecule has 0 bridgehead atoms. The molecule has 1 rings (SSSR count). The van der Waals surface area contributed by atoms with Gasteiger partial charge in [-0.2, -0.15) is 0 Å². The summed E-state index contributed by atoms with van der Waals surface area (Å²) in [5, 5.41) is 0. The van der Waals surface area contributed by atoms with Crippen LogP contribution in [0.25, 0.3) is 0 Å². The molecule has 1 heterocycles. The van der Waals surface area contributed by atoms with Crippen LogP contribution in [0.4, 0.5) is 0 Å². The van der Waals surface area contributed by atoms with Gasteiger partial charge in [0, 0.05) is 25.6 Å². The van der Waals surface area contributed by atoms with Crippen molar-refractivity contribution in [3.8, 4) is 11.8 Å². The lowest BCUT2D eigenvalue weighted by Gasteiger charge is -2.22. The maximum absolute atomic E-state index is 11.2. The number of hydrogen-bond acceptors (Lipinski definition) is 4. The van der Waals surface area contributed by atoms with Crippen molar-refractivity contribution in [2.75, 3.05) is 19.8 Å². The fourth-order valence-corrected chi connectivity index (χ4v) is 1.85. The van der Waals surface area contributed by atoms with Crippen LogP contribution in [0.3, 0.4) is 0 Å². The maximum Gasteiger partial charge on any atom is 0.384 e. The van der Waals surface area contributed by atoms with E-state index in [0.29, 0.717) is 19.6 Å². The predicted octanol–water partition coefficient (Wildman–Crippen LogP) is 3.05. The molecule has 1 fully saturated rings. The summed E-state index contributed by atoms with van der Waals surface area (Å²) in [5.74, 6) is 4.93. The molecule has 0 aliphatic carbocycles. The van der Waals surface area contributed by atoms with Gasteiger partial charge in [0.05, 0.1) is 6.61 Å². The lowest BCUT2D eigenvalue weighted by molar-refractivity contribution is -0.162. The zero-order valence-electron chi connectivity index (χ0n) is 12.5. The molecule has 0 spiro atoms. The van der Waals surface area contributed by atoms with Crippen LogP contribution in [0, 0.1) is 11.8 Å². The molecule has 1 aliphatic heterocycles. The average Bonchev–Trinajstić information content (AvgIpc) is 2.47. The van der Waals surface area contributed by atoms with E-state index in [-0.39, 0.29) is 6.29 Å². The van der Waals surface area contributed by atoms with E-state index in [2.05, 4.69) is 18.8 Å². The van der Waals surface area contributed by atoms with Gasteiger partial charge in [0.25, 0.3) is 0 Å². The third kappa shape index (κ3) is 8.95. The van der Waals surface area contributed by atoms with E-state index in [9.17, 15) is 4.79 Å². The van der Waals surface area contributed by atoms with E-state index < -0.39 is 5.97 Å². The van der Waals surface area contributed by atoms with Crippen molar-refractivity contribution in [3.05, 3.63) is 0 Å². The van der Waals surface area contributed by atoms with Crippen LogP contribution in [0.15, 0.2) is 0 Å². The Morgan fingerprint density at radius 3 is 2.90 bits per heavy atom. The number of rotatable bonds is 8. The molecule has 0 radical (unpaired) electrons. The topological polar surface area (TPSA) is 44.8 Å². The molecule has 20 heavy (non-hydrogen) atoms. The van der Waals surface area contributed by atoms with Gasteiger partial charge in [0.15, 0.2) is 6.29 Å². The lowest BCUT2D eigenvalue weighted by Crippen LogP contribution is -2.22. The van der Waals surface area contributed by atoms with Gasteiger partial charge in [-0.3, -0.25) is 0 Å². The Labute approximate surface area is 122 Å². The summed E-state index contributed by atoms with van der Waals surface area (Å²) in [6, 6.07) is 0. The molecule has 4 nitrogen and oxygen atoms in total. The van der Waals surface area contributed by atoms with Gasteiger partial charge in [0.2, 0.25) is 0 Å². The molecule has 0 N–H and O–H groups in total. The van der Waals surface area contributed by atoms with Gasteiger partial charge in [-0.25, -0.2) is 4.79 Å². The van der Waals surface area contributed by atoms with Gasteiger partial charge in [-0.1, -0.05) is 19.3 Å². The van der Waals surface area contributed by atoms with Crippen molar-refractivity contribution in [2.45, 2.75) is 64.6 Å². The smallest absolute Gasteiger partial charge is 0.384 e. The highest BCUT2D eigenvalue weighted by atomic mass is 16.7. The van der Waals surface area contributed by atoms with E-state index in [4.69, 9.17) is 14.2 Å². The Bertz CT molecular complexity index is 310. The second kappa shape index (κ2) is 11.7. The Morgan fingerprint density at radius 2 is 2.15 bits per heavy atom. The number of carbonyl (C=O) groups is 1. The van der Waals surface area contributed by atoms with Crippen molar-refractivity contribution < 1.29 is 19.0 Å². The van der Waals surface area contributed by atoms with E-state index in [1.807, 2.05) is 0 Å². The molecule has 0 aromatic carbocycles. The Morgan fingerprint density at radius 1 is 1.25 bits per heavy atom. The van der Waals surface area contributed by atoms with Crippen LogP contribution in [0.1, 0.15) is 58.3 Å². The van der Waals surface area contributed by atoms with Crippen molar-refractivity contribution in [1.29, 1.82) is 0 Å². The SMILES string of the molecule is CCCCOC(=O)C#CCCCCOC1CCCCO1. The fourth-order valence-electron chi connectivity index (χ4n) is 1.85. The second-order valence-electron chi connectivity index (χ2n) is 4.92. The third-order valence-electron chi connectivity index (χ3n) is 3.06. The van der Waals surface area contributed by atoms with Crippen LogP contribution in [-0.4, -0.2) is 32.1 Å². The molecule has 1 unspecified atom stereocenters. The predicted molar refractivity (Wildman–Crippen MR) is 77.0 cm³/mol. The molecule has 0 saturated carbocycles. The monoisotopic (exact) mass is 282 g/mol. The van der Waals surface area contributed by atoms with Gasteiger partial charge >= 0.3 is 5.97 Å². The largest absolute Gasteiger partial charge is 0.456 e. The van der Waals surface area contributed by atoms with Gasteiger partial charge < -0.3 is 14.2 Å². The van der Waals surface area contributed by atoms with Crippen LogP contribution in [0.2, 0.25) is 0 Å². The highest BCUT2D eigenvalue weighted by Gasteiger charge is 2.12. The number of hydrogen-bond donors (Lipinski definition) is 0. The summed E-state index contributed by atoms with van der Waals surface area (Å²) in [7, 11) is 0. The molecule has 0 amide bonds.